The number of nitrogens with zero attached hydrogens (tertiary/aromatic N) is 3. The summed E-state index contributed by atoms with van der Waals surface area (Å²) in [5, 5.41) is 12.1. The van der Waals surface area contributed by atoms with E-state index in [-0.39, 0.29) is 5.91 Å². The molecule has 1 heterocycles. The van der Waals surface area contributed by atoms with Crippen molar-refractivity contribution in [2.45, 2.75) is 18.2 Å². The molecule has 3 rings (SSSR count). The van der Waals surface area contributed by atoms with Crippen molar-refractivity contribution in [1.82, 2.24) is 14.8 Å². The molecule has 8 heteroatoms. The second kappa shape index (κ2) is 9.91. The van der Waals surface area contributed by atoms with Crippen molar-refractivity contribution in [3.8, 4) is 11.4 Å². The van der Waals surface area contributed by atoms with Gasteiger partial charge in [-0.15, -0.1) is 10.2 Å². The monoisotopic (exact) mass is 398 g/mol. The van der Waals surface area contributed by atoms with Gasteiger partial charge in [0.25, 0.3) is 0 Å². The quantitative estimate of drug-likeness (QED) is 0.556. The summed E-state index contributed by atoms with van der Waals surface area (Å²) in [5.41, 5.74) is 1.62. The normalized spacial score (nSPS) is 10.6. The van der Waals surface area contributed by atoms with Crippen molar-refractivity contribution in [3.05, 3.63) is 60.4 Å². The highest BCUT2D eigenvalue weighted by molar-refractivity contribution is 7.99. The fourth-order valence-electron chi connectivity index (χ4n) is 2.65. The number of rotatable bonds is 9. The number of carbonyl (C=O) groups excluding carboxylic acids is 1. The summed E-state index contributed by atoms with van der Waals surface area (Å²) in [6.07, 6.45) is 0.337. The number of hydrogen-bond donors (Lipinski definition) is 1. The molecule has 0 fully saturated rings. The van der Waals surface area contributed by atoms with Gasteiger partial charge >= 0.3 is 0 Å². The summed E-state index contributed by atoms with van der Waals surface area (Å²) in [6.45, 7) is 0.358. The van der Waals surface area contributed by atoms with Gasteiger partial charge in [0.2, 0.25) is 5.91 Å². The molecule has 1 aromatic heterocycles. The van der Waals surface area contributed by atoms with Crippen molar-refractivity contribution in [1.29, 1.82) is 0 Å². The number of ether oxygens (including phenoxy) is 2. The number of thioether (sulfide) groups is 1. The SMILES string of the molecule is COCc1nnc(SCCC(=O)Nc2ccccc2OC)n1-c1ccccc1. The number of hydrogen-bond acceptors (Lipinski definition) is 6. The van der Waals surface area contributed by atoms with Gasteiger partial charge in [0.1, 0.15) is 12.4 Å². The van der Waals surface area contributed by atoms with E-state index in [1.54, 1.807) is 14.2 Å². The highest BCUT2D eigenvalue weighted by atomic mass is 32.2. The standard InChI is InChI=1S/C20H22N4O3S/c1-26-14-18-22-23-20(24(18)15-8-4-3-5-9-15)28-13-12-19(25)21-16-10-6-7-11-17(16)27-2/h3-11H,12-14H2,1-2H3,(H,21,25). The second-order valence-electron chi connectivity index (χ2n) is 5.85. The molecule has 0 atom stereocenters. The van der Waals surface area contributed by atoms with Gasteiger partial charge in [0.05, 0.1) is 12.8 Å². The Labute approximate surface area is 168 Å². The van der Waals surface area contributed by atoms with Crippen LogP contribution in [0.4, 0.5) is 5.69 Å². The predicted molar refractivity (Wildman–Crippen MR) is 109 cm³/mol. The summed E-state index contributed by atoms with van der Waals surface area (Å²) in [4.78, 5) is 12.3. The third-order valence-electron chi connectivity index (χ3n) is 3.93. The van der Waals surface area contributed by atoms with Crippen LogP contribution in [0.5, 0.6) is 5.75 Å². The molecule has 0 spiro atoms. The van der Waals surface area contributed by atoms with Crippen LogP contribution in [0.25, 0.3) is 5.69 Å². The molecule has 1 amide bonds. The minimum atomic E-state index is -0.0834. The lowest BCUT2D eigenvalue weighted by Crippen LogP contribution is -2.13. The van der Waals surface area contributed by atoms with Crippen LogP contribution < -0.4 is 10.1 Å². The van der Waals surface area contributed by atoms with Crippen LogP contribution in [-0.4, -0.2) is 40.6 Å². The number of benzene rings is 2. The topological polar surface area (TPSA) is 78.3 Å². The van der Waals surface area contributed by atoms with Gasteiger partial charge in [-0.1, -0.05) is 42.1 Å². The van der Waals surface area contributed by atoms with E-state index in [0.29, 0.717) is 30.2 Å². The summed E-state index contributed by atoms with van der Waals surface area (Å²) >= 11 is 1.48. The molecule has 0 radical (unpaired) electrons. The zero-order valence-electron chi connectivity index (χ0n) is 15.8. The Morgan fingerprint density at radius 2 is 1.82 bits per heavy atom. The highest BCUT2D eigenvalue weighted by Gasteiger charge is 2.15. The van der Waals surface area contributed by atoms with Crippen molar-refractivity contribution in [2.75, 3.05) is 25.3 Å². The van der Waals surface area contributed by atoms with Gasteiger partial charge in [0.15, 0.2) is 11.0 Å². The van der Waals surface area contributed by atoms with E-state index >= 15 is 0 Å². The van der Waals surface area contributed by atoms with Gasteiger partial charge in [-0.2, -0.15) is 0 Å². The Morgan fingerprint density at radius 3 is 2.57 bits per heavy atom. The lowest BCUT2D eigenvalue weighted by atomic mass is 10.3. The summed E-state index contributed by atoms with van der Waals surface area (Å²) in [5.74, 6) is 1.84. The molecular formula is C20H22N4O3S. The third-order valence-corrected chi connectivity index (χ3v) is 4.86. The first-order valence-electron chi connectivity index (χ1n) is 8.77. The average molecular weight is 398 g/mol. The maximum Gasteiger partial charge on any atom is 0.225 e. The number of carbonyl (C=O) groups is 1. The molecular weight excluding hydrogens is 376 g/mol. The molecule has 1 N–H and O–H groups in total. The number of aromatic nitrogens is 3. The summed E-state index contributed by atoms with van der Waals surface area (Å²) < 4.78 is 12.4. The third kappa shape index (κ3) is 4.90. The van der Waals surface area contributed by atoms with Crippen molar-refractivity contribution in [2.24, 2.45) is 0 Å². The minimum Gasteiger partial charge on any atom is -0.495 e. The van der Waals surface area contributed by atoms with Crippen LogP contribution >= 0.6 is 11.8 Å². The maximum absolute atomic E-state index is 12.3. The largest absolute Gasteiger partial charge is 0.495 e. The molecule has 0 aliphatic carbocycles. The number of para-hydroxylation sites is 3. The lowest BCUT2D eigenvalue weighted by Gasteiger charge is -2.11. The molecule has 3 aromatic rings. The highest BCUT2D eigenvalue weighted by Crippen LogP contribution is 2.25. The fraction of sp³-hybridized carbons (Fsp3) is 0.250. The Kier molecular flexibility index (Phi) is 7.05. The molecule has 0 aliphatic heterocycles. The molecule has 146 valence electrons. The Balaban J connectivity index is 1.64. The van der Waals surface area contributed by atoms with Gasteiger partial charge < -0.3 is 14.8 Å². The zero-order valence-corrected chi connectivity index (χ0v) is 16.6. The predicted octanol–water partition coefficient (Wildman–Crippen LogP) is 3.54. The molecule has 0 saturated carbocycles. The van der Waals surface area contributed by atoms with Gasteiger partial charge in [-0.05, 0) is 24.3 Å². The van der Waals surface area contributed by atoms with Crippen molar-refractivity contribution >= 4 is 23.4 Å². The zero-order chi connectivity index (χ0) is 19.8. The minimum absolute atomic E-state index is 0.0834. The van der Waals surface area contributed by atoms with E-state index in [4.69, 9.17) is 9.47 Å². The number of methoxy groups -OCH3 is 2. The fourth-order valence-corrected chi connectivity index (χ4v) is 3.56. The van der Waals surface area contributed by atoms with Gasteiger partial charge in [-0.3, -0.25) is 9.36 Å². The average Bonchev–Trinajstić information content (AvgIpc) is 3.12. The van der Waals surface area contributed by atoms with E-state index in [2.05, 4.69) is 15.5 Å². The van der Waals surface area contributed by atoms with Crippen molar-refractivity contribution in [3.63, 3.8) is 0 Å². The number of nitrogens with one attached hydrogen (secondary N) is 1. The van der Waals surface area contributed by atoms with E-state index in [9.17, 15) is 4.79 Å². The van der Waals surface area contributed by atoms with E-state index < -0.39 is 0 Å². The van der Waals surface area contributed by atoms with Crippen molar-refractivity contribution < 1.29 is 14.3 Å². The molecule has 0 unspecified atom stereocenters. The Morgan fingerprint density at radius 1 is 1.07 bits per heavy atom. The van der Waals surface area contributed by atoms with E-state index in [1.165, 1.54) is 11.8 Å². The van der Waals surface area contributed by atoms with Gasteiger partial charge in [0, 0.05) is 25.0 Å². The molecule has 28 heavy (non-hydrogen) atoms. The first-order valence-corrected chi connectivity index (χ1v) is 9.75. The smallest absolute Gasteiger partial charge is 0.225 e. The molecule has 2 aromatic carbocycles. The lowest BCUT2D eigenvalue weighted by molar-refractivity contribution is -0.115. The van der Waals surface area contributed by atoms with Gasteiger partial charge in [-0.25, -0.2) is 0 Å². The van der Waals surface area contributed by atoms with Crippen LogP contribution in [0.3, 0.4) is 0 Å². The number of amides is 1. The summed E-state index contributed by atoms with van der Waals surface area (Å²) in [7, 11) is 3.20. The number of anilines is 1. The molecule has 7 nitrogen and oxygen atoms in total. The van der Waals surface area contributed by atoms with Crippen LogP contribution in [0.2, 0.25) is 0 Å². The Hall–Kier alpha value is -2.84. The van der Waals surface area contributed by atoms with Crippen LogP contribution in [0.15, 0.2) is 59.8 Å². The van der Waals surface area contributed by atoms with Crippen LogP contribution in [0.1, 0.15) is 12.2 Å². The van der Waals surface area contributed by atoms with E-state index in [0.717, 1.165) is 16.7 Å². The molecule has 0 bridgehead atoms. The second-order valence-corrected chi connectivity index (χ2v) is 6.91. The molecule has 0 aliphatic rings. The van der Waals surface area contributed by atoms with Crippen LogP contribution in [0, 0.1) is 0 Å². The maximum atomic E-state index is 12.3. The Bertz CT molecular complexity index is 915. The van der Waals surface area contributed by atoms with E-state index in [1.807, 2.05) is 59.2 Å². The van der Waals surface area contributed by atoms with Crippen LogP contribution in [-0.2, 0) is 16.1 Å². The first kappa shape index (κ1) is 19.9. The first-order chi connectivity index (χ1) is 13.7. The molecule has 0 saturated heterocycles. The summed E-state index contributed by atoms with van der Waals surface area (Å²) in [6, 6.07) is 17.2.